The fourth-order valence-electron chi connectivity index (χ4n) is 5.35. The Morgan fingerprint density at radius 1 is 1.03 bits per heavy atom. The second-order valence-electron chi connectivity index (χ2n) is 9.51. The third-order valence-corrected chi connectivity index (χ3v) is 7.42. The smallest absolute Gasteiger partial charge is 0.254 e. The quantitative estimate of drug-likeness (QED) is 0.792. The number of fused-ring (bicyclic) bond motifs is 1. The maximum absolute atomic E-state index is 13.3. The average molecular weight is 422 g/mol. The number of rotatable bonds is 5. The van der Waals surface area contributed by atoms with Gasteiger partial charge in [0.2, 0.25) is 5.91 Å². The molecular weight excluding hydrogens is 386 g/mol. The molecule has 2 aromatic rings. The topological polar surface area (TPSA) is 52.7 Å². The van der Waals surface area contributed by atoms with Gasteiger partial charge in [-0.05, 0) is 56.6 Å². The highest BCUT2D eigenvalue weighted by molar-refractivity contribution is 6.07. The first-order valence-electron chi connectivity index (χ1n) is 11.7. The summed E-state index contributed by atoms with van der Waals surface area (Å²) in [6.07, 6.45) is 7.73. The molecule has 2 aromatic carbocycles. The zero-order valence-electron chi connectivity index (χ0n) is 18.9. The maximum atomic E-state index is 13.3. The Morgan fingerprint density at radius 3 is 2.55 bits per heavy atom. The molecule has 1 aliphatic carbocycles. The number of carbonyl (C=O) groups is 2. The third-order valence-electron chi connectivity index (χ3n) is 7.42. The van der Waals surface area contributed by atoms with Crippen molar-refractivity contribution in [3.8, 4) is 0 Å². The Bertz CT molecular complexity index is 928. The monoisotopic (exact) mass is 421 g/mol. The summed E-state index contributed by atoms with van der Waals surface area (Å²) in [6, 6.07) is 13.9. The van der Waals surface area contributed by atoms with Gasteiger partial charge in [0.1, 0.15) is 0 Å². The van der Waals surface area contributed by atoms with E-state index in [4.69, 9.17) is 0 Å². The minimum absolute atomic E-state index is 0.0337. The van der Waals surface area contributed by atoms with Gasteiger partial charge in [-0.2, -0.15) is 0 Å². The van der Waals surface area contributed by atoms with Crippen LogP contribution < -0.4 is 5.32 Å². The Balaban J connectivity index is 1.42. The summed E-state index contributed by atoms with van der Waals surface area (Å²) in [5.74, 6) is 0.00374. The van der Waals surface area contributed by atoms with E-state index in [1.165, 1.54) is 19.3 Å². The molecular formula is C26H35N3O2. The van der Waals surface area contributed by atoms with E-state index in [1.807, 2.05) is 47.4 Å². The molecule has 1 atom stereocenters. The minimum Gasteiger partial charge on any atom is -0.354 e. The largest absolute Gasteiger partial charge is 0.354 e. The average Bonchev–Trinajstić information content (AvgIpc) is 2.82. The van der Waals surface area contributed by atoms with Crippen molar-refractivity contribution in [1.82, 2.24) is 15.1 Å². The van der Waals surface area contributed by atoms with Gasteiger partial charge in [-0.25, -0.2) is 0 Å². The Kier molecular flexibility index (Phi) is 6.61. The Morgan fingerprint density at radius 2 is 1.77 bits per heavy atom. The highest BCUT2D eigenvalue weighted by Gasteiger charge is 2.36. The van der Waals surface area contributed by atoms with Gasteiger partial charge < -0.3 is 15.1 Å². The van der Waals surface area contributed by atoms with E-state index in [-0.39, 0.29) is 23.3 Å². The zero-order chi connectivity index (χ0) is 21.8. The molecule has 1 saturated heterocycles. The number of hydrogen-bond acceptors (Lipinski definition) is 3. The third kappa shape index (κ3) is 4.62. The van der Waals surface area contributed by atoms with Crippen molar-refractivity contribution in [2.24, 2.45) is 5.92 Å². The van der Waals surface area contributed by atoms with Crippen molar-refractivity contribution >= 4 is 22.6 Å². The number of likely N-dealkylation sites (tertiary alicyclic amines) is 1. The maximum Gasteiger partial charge on any atom is 0.254 e. The Labute approximate surface area is 185 Å². The summed E-state index contributed by atoms with van der Waals surface area (Å²) >= 11 is 0. The fourth-order valence-corrected chi connectivity index (χ4v) is 5.35. The summed E-state index contributed by atoms with van der Waals surface area (Å²) in [7, 11) is 4.26. The van der Waals surface area contributed by atoms with Crippen LogP contribution in [-0.2, 0) is 4.79 Å². The summed E-state index contributed by atoms with van der Waals surface area (Å²) in [5.41, 5.74) is 0.800. The number of benzene rings is 2. The second-order valence-corrected chi connectivity index (χ2v) is 9.51. The first-order valence-corrected chi connectivity index (χ1v) is 11.7. The molecule has 0 bridgehead atoms. The van der Waals surface area contributed by atoms with E-state index in [2.05, 4.69) is 24.3 Å². The van der Waals surface area contributed by atoms with E-state index in [9.17, 15) is 9.59 Å². The van der Waals surface area contributed by atoms with Crippen molar-refractivity contribution in [1.29, 1.82) is 0 Å². The van der Waals surface area contributed by atoms with Gasteiger partial charge in [-0.1, -0.05) is 55.7 Å². The summed E-state index contributed by atoms with van der Waals surface area (Å²) in [6.45, 7) is 1.92. The number of carbonyl (C=O) groups excluding carboxylic acids is 2. The molecule has 4 rings (SSSR count). The molecule has 1 saturated carbocycles. The molecule has 0 aromatic heterocycles. The van der Waals surface area contributed by atoms with Gasteiger partial charge in [0.15, 0.2) is 0 Å². The van der Waals surface area contributed by atoms with Crippen LogP contribution in [0.3, 0.4) is 0 Å². The van der Waals surface area contributed by atoms with Gasteiger partial charge in [-0.3, -0.25) is 9.59 Å². The molecule has 0 spiro atoms. The number of nitrogens with zero attached hydrogens (tertiary/aromatic N) is 2. The van der Waals surface area contributed by atoms with Crippen LogP contribution >= 0.6 is 0 Å². The molecule has 1 aliphatic heterocycles. The van der Waals surface area contributed by atoms with Crippen LogP contribution in [0.1, 0.15) is 55.3 Å². The van der Waals surface area contributed by atoms with E-state index in [0.29, 0.717) is 19.6 Å². The van der Waals surface area contributed by atoms with Gasteiger partial charge >= 0.3 is 0 Å². The number of piperidine rings is 1. The molecule has 2 fully saturated rings. The molecule has 1 N–H and O–H groups in total. The van der Waals surface area contributed by atoms with Crippen molar-refractivity contribution in [3.05, 3.63) is 48.0 Å². The van der Waals surface area contributed by atoms with Gasteiger partial charge in [0.25, 0.3) is 5.91 Å². The molecule has 0 radical (unpaired) electrons. The predicted octanol–water partition coefficient (Wildman–Crippen LogP) is 4.07. The SMILES string of the molecule is CN(C)C1(CNC(=O)[C@@H]2CCCN(C(=O)c3cccc4ccccc34)C2)CCCCC1. The number of hydrogen-bond donors (Lipinski definition) is 1. The minimum atomic E-state index is -0.129. The highest BCUT2D eigenvalue weighted by atomic mass is 16.2. The van der Waals surface area contributed by atoms with Crippen LogP contribution in [0.2, 0.25) is 0 Å². The highest BCUT2D eigenvalue weighted by Crippen LogP contribution is 2.32. The first kappa shape index (κ1) is 21.8. The van der Waals surface area contributed by atoms with Crippen LogP contribution in [0.15, 0.2) is 42.5 Å². The van der Waals surface area contributed by atoms with Crippen LogP contribution in [0.25, 0.3) is 10.8 Å². The fraction of sp³-hybridized carbons (Fsp3) is 0.538. The lowest BCUT2D eigenvalue weighted by Gasteiger charge is -2.43. The summed E-state index contributed by atoms with van der Waals surface area (Å²) in [4.78, 5) is 30.5. The van der Waals surface area contributed by atoms with Crippen molar-refractivity contribution in [2.75, 3.05) is 33.7 Å². The van der Waals surface area contributed by atoms with E-state index < -0.39 is 0 Å². The van der Waals surface area contributed by atoms with Gasteiger partial charge in [-0.15, -0.1) is 0 Å². The number of amides is 2. The molecule has 5 nitrogen and oxygen atoms in total. The van der Waals surface area contributed by atoms with Crippen molar-refractivity contribution in [2.45, 2.75) is 50.5 Å². The zero-order valence-corrected chi connectivity index (χ0v) is 18.9. The van der Waals surface area contributed by atoms with E-state index in [0.717, 1.165) is 42.0 Å². The lowest BCUT2D eigenvalue weighted by atomic mass is 9.80. The standard InChI is InChI=1S/C26H35N3O2/c1-28(2)26(15-6-3-7-16-26)19-27-24(30)21-12-9-17-29(18-21)25(31)23-14-8-11-20-10-4-5-13-22(20)23/h4-5,8,10-11,13-14,21H,3,6-7,9,12,15-19H2,1-2H3,(H,27,30)/t21-/m1/s1. The Hall–Kier alpha value is -2.40. The number of likely N-dealkylation sites (N-methyl/N-ethyl adjacent to an activating group) is 1. The normalized spacial score (nSPS) is 21.3. The van der Waals surface area contributed by atoms with E-state index >= 15 is 0 Å². The van der Waals surface area contributed by atoms with Gasteiger partial charge in [0.05, 0.1) is 5.92 Å². The molecule has 1 heterocycles. The molecule has 2 aliphatic rings. The lowest BCUT2D eigenvalue weighted by molar-refractivity contribution is -0.127. The van der Waals surface area contributed by atoms with Crippen LogP contribution in [0.5, 0.6) is 0 Å². The van der Waals surface area contributed by atoms with Crippen LogP contribution in [0, 0.1) is 5.92 Å². The van der Waals surface area contributed by atoms with Crippen molar-refractivity contribution < 1.29 is 9.59 Å². The van der Waals surface area contributed by atoms with Gasteiger partial charge in [0, 0.05) is 30.7 Å². The predicted molar refractivity (Wildman–Crippen MR) is 125 cm³/mol. The van der Waals surface area contributed by atoms with Crippen molar-refractivity contribution in [3.63, 3.8) is 0 Å². The molecule has 0 unspecified atom stereocenters. The molecule has 5 heteroatoms. The van der Waals surface area contributed by atoms with E-state index in [1.54, 1.807) is 0 Å². The van der Waals surface area contributed by atoms with Crippen LogP contribution in [-0.4, -0.2) is 60.9 Å². The first-order chi connectivity index (χ1) is 15.0. The molecule has 166 valence electrons. The molecule has 31 heavy (non-hydrogen) atoms. The van der Waals surface area contributed by atoms with Crippen LogP contribution in [0.4, 0.5) is 0 Å². The summed E-state index contributed by atoms with van der Waals surface area (Å²) < 4.78 is 0. The molecule has 2 amide bonds. The summed E-state index contributed by atoms with van der Waals surface area (Å²) in [5, 5.41) is 5.30. The number of nitrogens with one attached hydrogen (secondary N) is 1. The lowest BCUT2D eigenvalue weighted by Crippen LogP contribution is -2.55. The second kappa shape index (κ2) is 9.39.